The molecule has 2 atom stereocenters. The summed E-state index contributed by atoms with van der Waals surface area (Å²) in [6, 6.07) is 15.3. The highest BCUT2D eigenvalue weighted by atomic mass is 35.5. The van der Waals surface area contributed by atoms with E-state index in [9.17, 15) is 14.4 Å². The second-order valence-corrected chi connectivity index (χ2v) is 11.4. The minimum absolute atomic E-state index is 0.00361. The van der Waals surface area contributed by atoms with Crippen molar-refractivity contribution in [1.29, 1.82) is 0 Å². The van der Waals surface area contributed by atoms with Gasteiger partial charge in [-0.1, -0.05) is 36.7 Å². The Kier molecular flexibility index (Phi) is 8.49. The van der Waals surface area contributed by atoms with Crippen LogP contribution < -0.4 is 16.2 Å². The standard InChI is InChI=1S/C32H34ClN5O4/c1-19(2)38-17-23(8-14-29(38)39)22-7-13-27(33)26(15-22)20(3)30(36-32(41)42-25-11-12-25)31(40)35-24-9-5-21(6-10-24)28-16-34-18-37(28)4/h5-10,13-20,25,30H,11-12H2,1-4H3,(H,35,40)(H,36,41)/t20?,30-/m0/s1. The molecule has 1 fully saturated rings. The molecule has 1 unspecified atom stereocenters. The van der Waals surface area contributed by atoms with Gasteiger partial charge in [0.25, 0.3) is 5.56 Å². The molecule has 2 amide bonds. The Labute approximate surface area is 249 Å². The van der Waals surface area contributed by atoms with Crippen LogP contribution in [0.4, 0.5) is 10.5 Å². The molecule has 42 heavy (non-hydrogen) atoms. The van der Waals surface area contributed by atoms with E-state index in [-0.39, 0.29) is 17.7 Å². The zero-order chi connectivity index (χ0) is 30.0. The maximum absolute atomic E-state index is 13.7. The highest BCUT2D eigenvalue weighted by molar-refractivity contribution is 6.31. The average molecular weight is 588 g/mol. The number of nitrogens with zero attached hydrogens (tertiary/aromatic N) is 3. The number of carbonyl (C=O) groups is 2. The van der Waals surface area contributed by atoms with Crippen molar-refractivity contribution < 1.29 is 14.3 Å². The molecule has 1 aliphatic rings. The third-order valence-electron chi connectivity index (χ3n) is 7.43. The summed E-state index contributed by atoms with van der Waals surface area (Å²) < 4.78 is 8.99. The fraction of sp³-hybridized carbons (Fsp3) is 0.312. The number of benzene rings is 2. The summed E-state index contributed by atoms with van der Waals surface area (Å²) in [5.74, 6) is -0.924. The van der Waals surface area contributed by atoms with Crippen LogP contribution in [-0.4, -0.2) is 38.3 Å². The Hall–Kier alpha value is -4.37. The van der Waals surface area contributed by atoms with Gasteiger partial charge in [-0.25, -0.2) is 9.78 Å². The van der Waals surface area contributed by atoms with E-state index in [0.29, 0.717) is 16.3 Å². The highest BCUT2D eigenvalue weighted by Gasteiger charge is 2.33. The van der Waals surface area contributed by atoms with Crippen molar-refractivity contribution in [3.8, 4) is 22.4 Å². The largest absolute Gasteiger partial charge is 0.446 e. The number of alkyl carbamates (subject to hydrolysis) is 1. The Morgan fingerprint density at radius 1 is 1.00 bits per heavy atom. The number of nitrogens with one attached hydrogen (secondary N) is 2. The summed E-state index contributed by atoms with van der Waals surface area (Å²) in [6.07, 6.45) is 6.18. The molecule has 0 aliphatic heterocycles. The first kappa shape index (κ1) is 29.1. The molecule has 1 aliphatic carbocycles. The fourth-order valence-electron chi connectivity index (χ4n) is 4.83. The number of aromatic nitrogens is 3. The second kappa shape index (κ2) is 12.2. The van der Waals surface area contributed by atoms with Gasteiger partial charge in [0.1, 0.15) is 12.1 Å². The SMILES string of the molecule is CC(c1cc(-c2ccc(=O)n(C(C)C)c2)ccc1Cl)[C@H](NC(=O)OC1CC1)C(=O)Nc1ccc(-c2cncn2C)cc1. The first-order valence-corrected chi connectivity index (χ1v) is 14.3. The highest BCUT2D eigenvalue weighted by Crippen LogP contribution is 2.33. The normalized spacial score (nSPS) is 14.3. The number of pyridine rings is 1. The molecule has 2 aromatic carbocycles. The lowest BCUT2D eigenvalue weighted by atomic mass is 9.90. The van der Waals surface area contributed by atoms with Gasteiger partial charge in [0.2, 0.25) is 5.91 Å². The van der Waals surface area contributed by atoms with Crippen molar-refractivity contribution in [3.63, 3.8) is 0 Å². The maximum atomic E-state index is 13.7. The lowest BCUT2D eigenvalue weighted by Gasteiger charge is -2.26. The third-order valence-corrected chi connectivity index (χ3v) is 7.78. The van der Waals surface area contributed by atoms with Crippen LogP contribution in [0, 0.1) is 0 Å². The number of hydrogen-bond acceptors (Lipinski definition) is 5. The number of amides is 2. The van der Waals surface area contributed by atoms with Gasteiger partial charge < -0.3 is 24.5 Å². The van der Waals surface area contributed by atoms with E-state index in [2.05, 4.69) is 15.6 Å². The van der Waals surface area contributed by atoms with Crippen molar-refractivity contribution in [2.45, 2.75) is 57.7 Å². The van der Waals surface area contributed by atoms with Crippen molar-refractivity contribution in [1.82, 2.24) is 19.4 Å². The van der Waals surface area contributed by atoms with E-state index in [4.69, 9.17) is 16.3 Å². The molecule has 5 rings (SSSR count). The van der Waals surface area contributed by atoms with Crippen LogP contribution in [0.1, 0.15) is 51.1 Å². The molecule has 0 bridgehead atoms. The van der Waals surface area contributed by atoms with Crippen molar-refractivity contribution in [2.75, 3.05) is 5.32 Å². The van der Waals surface area contributed by atoms with Gasteiger partial charge in [0.15, 0.2) is 0 Å². The molecule has 0 radical (unpaired) electrons. The molecule has 2 N–H and O–H groups in total. The molecule has 2 heterocycles. The number of halogens is 1. The number of rotatable bonds is 9. The minimum atomic E-state index is -0.981. The molecule has 0 spiro atoms. The molecule has 1 saturated carbocycles. The van der Waals surface area contributed by atoms with Crippen LogP contribution in [0.15, 0.2) is 78.1 Å². The molecule has 218 valence electrons. The predicted molar refractivity (Wildman–Crippen MR) is 164 cm³/mol. The molecular formula is C32H34ClN5O4. The topological polar surface area (TPSA) is 107 Å². The Balaban J connectivity index is 1.42. The van der Waals surface area contributed by atoms with Crippen LogP contribution >= 0.6 is 11.6 Å². The second-order valence-electron chi connectivity index (χ2n) is 11.0. The third kappa shape index (κ3) is 6.57. The molecule has 0 saturated heterocycles. The average Bonchev–Trinajstić information content (AvgIpc) is 3.68. The zero-order valence-electron chi connectivity index (χ0n) is 24.0. The van der Waals surface area contributed by atoms with Gasteiger partial charge in [0.05, 0.1) is 18.2 Å². The quantitative estimate of drug-likeness (QED) is 0.244. The predicted octanol–water partition coefficient (Wildman–Crippen LogP) is 6.15. The van der Waals surface area contributed by atoms with Crippen LogP contribution in [0.5, 0.6) is 0 Å². The number of ether oxygens (including phenoxy) is 1. The summed E-state index contributed by atoms with van der Waals surface area (Å²) >= 11 is 6.67. The van der Waals surface area contributed by atoms with Gasteiger partial charge in [-0.15, -0.1) is 0 Å². The molecule has 9 nitrogen and oxygen atoms in total. The van der Waals surface area contributed by atoms with Crippen LogP contribution in [0.25, 0.3) is 22.4 Å². The number of hydrogen-bond donors (Lipinski definition) is 2. The zero-order valence-corrected chi connectivity index (χ0v) is 24.8. The summed E-state index contributed by atoms with van der Waals surface area (Å²) in [5.41, 5.74) is 4.75. The van der Waals surface area contributed by atoms with Gasteiger partial charge in [-0.3, -0.25) is 9.59 Å². The molecule has 2 aromatic heterocycles. The van der Waals surface area contributed by atoms with Gasteiger partial charge in [0, 0.05) is 42.0 Å². The van der Waals surface area contributed by atoms with Gasteiger partial charge in [-0.2, -0.15) is 0 Å². The minimum Gasteiger partial charge on any atom is -0.446 e. The van der Waals surface area contributed by atoms with E-state index in [1.165, 1.54) is 6.07 Å². The number of aryl methyl sites for hydroxylation is 1. The van der Waals surface area contributed by atoms with E-state index in [0.717, 1.165) is 35.2 Å². The van der Waals surface area contributed by atoms with E-state index < -0.39 is 24.0 Å². The monoisotopic (exact) mass is 587 g/mol. The van der Waals surface area contributed by atoms with Crippen LogP contribution in [0.2, 0.25) is 5.02 Å². The van der Waals surface area contributed by atoms with Crippen LogP contribution in [0.3, 0.4) is 0 Å². The summed E-state index contributed by atoms with van der Waals surface area (Å²) in [5, 5.41) is 6.17. The Bertz CT molecular complexity index is 1660. The number of carbonyl (C=O) groups excluding carboxylic acids is 2. The molecule has 10 heteroatoms. The summed E-state index contributed by atoms with van der Waals surface area (Å²) in [4.78, 5) is 42.9. The van der Waals surface area contributed by atoms with Gasteiger partial charge in [-0.05, 0) is 79.3 Å². The lowest BCUT2D eigenvalue weighted by Crippen LogP contribution is -2.47. The first-order valence-electron chi connectivity index (χ1n) is 14.0. The van der Waals surface area contributed by atoms with Crippen molar-refractivity contribution in [3.05, 3.63) is 94.3 Å². The smallest absolute Gasteiger partial charge is 0.408 e. The Morgan fingerprint density at radius 3 is 2.33 bits per heavy atom. The first-order chi connectivity index (χ1) is 20.1. The Morgan fingerprint density at radius 2 is 1.69 bits per heavy atom. The summed E-state index contributed by atoms with van der Waals surface area (Å²) in [7, 11) is 1.91. The van der Waals surface area contributed by atoms with E-state index in [1.54, 1.807) is 29.2 Å². The molecule has 4 aromatic rings. The van der Waals surface area contributed by atoms with E-state index >= 15 is 0 Å². The van der Waals surface area contributed by atoms with Gasteiger partial charge >= 0.3 is 6.09 Å². The lowest BCUT2D eigenvalue weighted by molar-refractivity contribution is -0.118. The fourth-order valence-corrected chi connectivity index (χ4v) is 5.11. The molecular weight excluding hydrogens is 554 g/mol. The van der Waals surface area contributed by atoms with Crippen LogP contribution in [-0.2, 0) is 16.6 Å². The van der Waals surface area contributed by atoms with Crippen molar-refractivity contribution in [2.24, 2.45) is 7.05 Å². The number of imidazole rings is 1. The van der Waals surface area contributed by atoms with E-state index in [1.807, 2.05) is 75.0 Å². The maximum Gasteiger partial charge on any atom is 0.408 e. The van der Waals surface area contributed by atoms with Crippen molar-refractivity contribution >= 4 is 29.3 Å². The number of anilines is 1. The summed E-state index contributed by atoms with van der Waals surface area (Å²) in [6.45, 7) is 5.73.